The van der Waals surface area contributed by atoms with E-state index in [4.69, 9.17) is 9.84 Å². The molecule has 0 aromatic rings. The molecule has 2 N–H and O–H groups in total. The molecule has 1 heterocycles. The van der Waals surface area contributed by atoms with Gasteiger partial charge in [-0.1, -0.05) is 6.92 Å². The summed E-state index contributed by atoms with van der Waals surface area (Å²) in [5.74, 6) is -1.68. The molecule has 2 atom stereocenters. The number of hydrogen-bond acceptors (Lipinski definition) is 5. The van der Waals surface area contributed by atoms with E-state index in [2.05, 4.69) is 10.1 Å². The van der Waals surface area contributed by atoms with Gasteiger partial charge in [-0.2, -0.15) is 0 Å². The Bertz CT molecular complexity index is 387. The second-order valence-electron chi connectivity index (χ2n) is 4.79. The van der Waals surface area contributed by atoms with Gasteiger partial charge >= 0.3 is 18.0 Å². The quantitative estimate of drug-likeness (QED) is 0.680. The van der Waals surface area contributed by atoms with Crippen molar-refractivity contribution in [1.29, 1.82) is 0 Å². The number of urea groups is 1. The van der Waals surface area contributed by atoms with Crippen LogP contribution in [0.4, 0.5) is 4.79 Å². The Balaban J connectivity index is 2.58. The van der Waals surface area contributed by atoms with E-state index in [0.29, 0.717) is 19.8 Å². The molecule has 1 saturated heterocycles. The van der Waals surface area contributed by atoms with Crippen LogP contribution in [-0.4, -0.2) is 66.9 Å². The number of carbonyl (C=O) groups is 3. The molecule has 120 valence electrons. The van der Waals surface area contributed by atoms with Gasteiger partial charge in [0.2, 0.25) is 0 Å². The van der Waals surface area contributed by atoms with Gasteiger partial charge in [-0.15, -0.1) is 0 Å². The summed E-state index contributed by atoms with van der Waals surface area (Å²) < 4.78 is 9.76. The van der Waals surface area contributed by atoms with Crippen LogP contribution in [0.25, 0.3) is 0 Å². The lowest BCUT2D eigenvalue weighted by molar-refractivity contribution is -0.142. The predicted octanol–water partition coefficient (Wildman–Crippen LogP) is 0.213. The van der Waals surface area contributed by atoms with Gasteiger partial charge in [0.1, 0.15) is 6.04 Å². The maximum atomic E-state index is 12.2. The van der Waals surface area contributed by atoms with Crippen LogP contribution in [0.15, 0.2) is 0 Å². The minimum atomic E-state index is -1.17. The number of carboxylic acids is 1. The summed E-state index contributed by atoms with van der Waals surface area (Å²) in [7, 11) is 1.23. The normalized spacial score (nSPS) is 19.7. The minimum Gasteiger partial charge on any atom is -0.480 e. The number of carboxylic acid groups (broad SMARTS) is 1. The van der Waals surface area contributed by atoms with E-state index >= 15 is 0 Å². The number of methoxy groups -OCH3 is 1. The van der Waals surface area contributed by atoms with Gasteiger partial charge in [-0.3, -0.25) is 4.79 Å². The van der Waals surface area contributed by atoms with Gasteiger partial charge < -0.3 is 24.8 Å². The Morgan fingerprint density at radius 2 is 2.19 bits per heavy atom. The highest BCUT2D eigenvalue weighted by molar-refractivity contribution is 5.83. The van der Waals surface area contributed by atoms with Gasteiger partial charge in [-0.05, 0) is 12.8 Å². The van der Waals surface area contributed by atoms with Gasteiger partial charge in [0, 0.05) is 13.0 Å². The molecular formula is C13H22N2O6. The van der Waals surface area contributed by atoms with E-state index in [0.717, 1.165) is 6.42 Å². The molecular weight excluding hydrogens is 280 g/mol. The Hall–Kier alpha value is -1.83. The summed E-state index contributed by atoms with van der Waals surface area (Å²) in [4.78, 5) is 36.0. The molecule has 0 aromatic heterocycles. The average molecular weight is 302 g/mol. The summed E-state index contributed by atoms with van der Waals surface area (Å²) in [5.41, 5.74) is 0. The van der Waals surface area contributed by atoms with Crippen LogP contribution in [0.2, 0.25) is 0 Å². The van der Waals surface area contributed by atoms with Gasteiger partial charge in [0.15, 0.2) is 0 Å². The fourth-order valence-electron chi connectivity index (χ4n) is 2.11. The van der Waals surface area contributed by atoms with E-state index in [1.165, 1.54) is 7.11 Å². The number of hydrogen-bond donors (Lipinski definition) is 2. The Morgan fingerprint density at radius 3 is 2.76 bits per heavy atom. The van der Waals surface area contributed by atoms with E-state index < -0.39 is 24.0 Å². The van der Waals surface area contributed by atoms with Gasteiger partial charge in [-0.25, -0.2) is 9.59 Å². The molecule has 0 bridgehead atoms. The maximum Gasteiger partial charge on any atom is 0.326 e. The Labute approximate surface area is 123 Å². The zero-order valence-corrected chi connectivity index (χ0v) is 12.3. The third kappa shape index (κ3) is 5.22. The van der Waals surface area contributed by atoms with E-state index in [1.54, 1.807) is 4.90 Å². The van der Waals surface area contributed by atoms with Crippen LogP contribution in [0.3, 0.4) is 0 Å². The first-order valence-electron chi connectivity index (χ1n) is 6.94. The van der Waals surface area contributed by atoms with E-state index in [9.17, 15) is 14.4 Å². The summed E-state index contributed by atoms with van der Waals surface area (Å²) in [6.07, 6.45) is 0.663. The van der Waals surface area contributed by atoms with Crippen molar-refractivity contribution in [1.82, 2.24) is 10.2 Å². The fraction of sp³-hybridized carbons (Fsp3) is 0.769. The number of esters is 1. The van der Waals surface area contributed by atoms with Crippen molar-refractivity contribution < 1.29 is 29.0 Å². The standard InChI is InChI=1S/C13H22N2O6/c1-3-9-8-21-7-6-15(9)13(19)14-10(12(17)18)4-5-11(16)20-2/h9-10H,3-8H2,1-2H3,(H,14,19)(H,17,18)/t9?,10-/m0/s1. The molecule has 8 heteroatoms. The van der Waals surface area contributed by atoms with Crippen molar-refractivity contribution in [2.24, 2.45) is 0 Å². The number of nitrogens with zero attached hydrogens (tertiary/aromatic N) is 1. The van der Waals surface area contributed by atoms with Crippen molar-refractivity contribution >= 4 is 18.0 Å². The summed E-state index contributed by atoms with van der Waals surface area (Å²) >= 11 is 0. The first-order chi connectivity index (χ1) is 9.99. The zero-order chi connectivity index (χ0) is 15.8. The lowest BCUT2D eigenvalue weighted by Gasteiger charge is -2.35. The first-order valence-corrected chi connectivity index (χ1v) is 6.94. The highest BCUT2D eigenvalue weighted by Gasteiger charge is 2.29. The Kier molecular flexibility index (Phi) is 6.93. The smallest absolute Gasteiger partial charge is 0.326 e. The largest absolute Gasteiger partial charge is 0.480 e. The number of morpholine rings is 1. The average Bonchev–Trinajstić information content (AvgIpc) is 2.50. The van der Waals surface area contributed by atoms with E-state index in [1.807, 2.05) is 6.92 Å². The molecule has 21 heavy (non-hydrogen) atoms. The fourth-order valence-corrected chi connectivity index (χ4v) is 2.11. The second-order valence-corrected chi connectivity index (χ2v) is 4.79. The van der Waals surface area contributed by atoms with Crippen molar-refractivity contribution in [3.05, 3.63) is 0 Å². The van der Waals surface area contributed by atoms with Crippen LogP contribution in [0.5, 0.6) is 0 Å². The lowest BCUT2D eigenvalue weighted by atomic mass is 10.1. The SMILES string of the molecule is CCC1COCCN1C(=O)N[C@@H](CCC(=O)OC)C(=O)O. The third-order valence-electron chi connectivity index (χ3n) is 3.42. The van der Waals surface area contributed by atoms with Crippen molar-refractivity contribution in [2.75, 3.05) is 26.9 Å². The lowest BCUT2D eigenvalue weighted by Crippen LogP contribution is -2.55. The zero-order valence-electron chi connectivity index (χ0n) is 12.3. The van der Waals surface area contributed by atoms with Crippen molar-refractivity contribution in [2.45, 2.75) is 38.3 Å². The molecule has 2 amide bonds. The van der Waals surface area contributed by atoms with Gasteiger partial charge in [0.05, 0.1) is 26.4 Å². The molecule has 0 saturated carbocycles. The molecule has 0 aliphatic carbocycles. The van der Waals surface area contributed by atoms with Crippen LogP contribution < -0.4 is 5.32 Å². The maximum absolute atomic E-state index is 12.2. The highest BCUT2D eigenvalue weighted by Crippen LogP contribution is 2.11. The number of ether oxygens (including phenoxy) is 2. The number of nitrogens with one attached hydrogen (secondary N) is 1. The molecule has 1 aliphatic rings. The molecule has 8 nitrogen and oxygen atoms in total. The van der Waals surface area contributed by atoms with Crippen molar-refractivity contribution in [3.8, 4) is 0 Å². The molecule has 1 unspecified atom stereocenters. The molecule has 0 aromatic carbocycles. The van der Waals surface area contributed by atoms with Crippen LogP contribution in [0, 0.1) is 0 Å². The van der Waals surface area contributed by atoms with E-state index in [-0.39, 0.29) is 18.9 Å². The summed E-state index contributed by atoms with van der Waals surface area (Å²) in [6, 6.07) is -1.62. The second kappa shape index (κ2) is 8.46. The topological polar surface area (TPSA) is 105 Å². The number of amides is 2. The van der Waals surface area contributed by atoms with Crippen LogP contribution in [-0.2, 0) is 19.1 Å². The Morgan fingerprint density at radius 1 is 1.48 bits per heavy atom. The number of aliphatic carboxylic acids is 1. The predicted molar refractivity (Wildman–Crippen MR) is 72.8 cm³/mol. The van der Waals surface area contributed by atoms with Crippen LogP contribution >= 0.6 is 0 Å². The number of rotatable bonds is 6. The summed E-state index contributed by atoms with van der Waals surface area (Å²) in [5, 5.41) is 11.6. The molecule has 0 spiro atoms. The molecule has 1 rings (SSSR count). The molecule has 0 radical (unpaired) electrons. The first kappa shape index (κ1) is 17.2. The van der Waals surface area contributed by atoms with Crippen molar-refractivity contribution in [3.63, 3.8) is 0 Å². The highest BCUT2D eigenvalue weighted by atomic mass is 16.5. The minimum absolute atomic E-state index is 0.00508. The third-order valence-corrected chi connectivity index (χ3v) is 3.42. The van der Waals surface area contributed by atoms with Gasteiger partial charge in [0.25, 0.3) is 0 Å². The molecule has 1 aliphatic heterocycles. The molecule has 1 fully saturated rings. The number of carbonyl (C=O) groups excluding carboxylic acids is 2. The van der Waals surface area contributed by atoms with Crippen LogP contribution in [0.1, 0.15) is 26.2 Å². The summed E-state index contributed by atoms with van der Waals surface area (Å²) in [6.45, 7) is 3.24. The monoisotopic (exact) mass is 302 g/mol.